The van der Waals surface area contributed by atoms with E-state index in [2.05, 4.69) is 10.6 Å². The fourth-order valence-corrected chi connectivity index (χ4v) is 3.00. The van der Waals surface area contributed by atoms with Gasteiger partial charge in [0.25, 0.3) is 11.6 Å². The number of amides is 4. The molecule has 1 fully saturated rings. The molecule has 9 nitrogen and oxygen atoms in total. The van der Waals surface area contributed by atoms with Crippen LogP contribution in [0.4, 0.5) is 20.6 Å². The number of carbonyl (C=O) groups is 3. The first-order valence-electron chi connectivity index (χ1n) is 8.26. The largest absolute Gasteiger partial charge is 0.325 e. The molecule has 0 aromatic heterocycles. The third-order valence-electron chi connectivity index (χ3n) is 4.43. The summed E-state index contributed by atoms with van der Waals surface area (Å²) in [4.78, 5) is 48.0. The summed E-state index contributed by atoms with van der Waals surface area (Å²) in [5.74, 6) is -2.47. The van der Waals surface area contributed by atoms with E-state index in [0.717, 1.165) is 18.2 Å². The second-order valence-electron chi connectivity index (χ2n) is 6.42. The molecule has 2 N–H and O–H groups in total. The van der Waals surface area contributed by atoms with Gasteiger partial charge in [-0.2, -0.15) is 0 Å². The summed E-state index contributed by atoms with van der Waals surface area (Å²) in [5, 5.41) is 15.9. The number of non-ortho nitro benzene ring substituents is 1. The van der Waals surface area contributed by atoms with E-state index in [-0.39, 0.29) is 0 Å². The number of urea groups is 1. The van der Waals surface area contributed by atoms with Crippen LogP contribution in [-0.2, 0) is 15.1 Å². The Kier molecular flexibility index (Phi) is 5.21. The molecule has 1 atom stereocenters. The third kappa shape index (κ3) is 3.87. The number of imide groups is 1. The van der Waals surface area contributed by atoms with Crippen molar-refractivity contribution in [2.75, 3.05) is 11.9 Å². The Balaban J connectivity index is 1.77. The zero-order valence-electron chi connectivity index (χ0n) is 14.9. The fourth-order valence-electron chi connectivity index (χ4n) is 2.88. The number of benzene rings is 2. The van der Waals surface area contributed by atoms with Crippen LogP contribution in [0.5, 0.6) is 0 Å². The highest BCUT2D eigenvalue weighted by Gasteiger charge is 2.49. The predicted octanol–water partition coefficient (Wildman–Crippen LogP) is 2.79. The monoisotopic (exact) mass is 420 g/mol. The highest BCUT2D eigenvalue weighted by molar-refractivity contribution is 6.30. The minimum Gasteiger partial charge on any atom is -0.322 e. The van der Waals surface area contributed by atoms with Gasteiger partial charge in [0.2, 0.25) is 5.91 Å². The molecule has 4 amide bonds. The molecular weight excluding hydrogens is 407 g/mol. The summed E-state index contributed by atoms with van der Waals surface area (Å²) in [5.41, 5.74) is -1.80. The van der Waals surface area contributed by atoms with E-state index >= 15 is 0 Å². The quantitative estimate of drug-likeness (QED) is 0.437. The van der Waals surface area contributed by atoms with Gasteiger partial charge in [-0.1, -0.05) is 23.7 Å². The van der Waals surface area contributed by atoms with Gasteiger partial charge in [0.1, 0.15) is 17.9 Å². The summed E-state index contributed by atoms with van der Waals surface area (Å²) < 4.78 is 13.8. The number of hydrogen-bond acceptors (Lipinski definition) is 5. The number of nitrogens with one attached hydrogen (secondary N) is 2. The lowest BCUT2D eigenvalue weighted by atomic mass is 9.92. The molecular formula is C18H14ClFN4O5. The van der Waals surface area contributed by atoms with E-state index in [0.29, 0.717) is 15.5 Å². The van der Waals surface area contributed by atoms with Crippen molar-refractivity contribution in [3.05, 3.63) is 69.0 Å². The van der Waals surface area contributed by atoms with Crippen LogP contribution in [0.3, 0.4) is 0 Å². The Bertz CT molecular complexity index is 1030. The highest BCUT2D eigenvalue weighted by atomic mass is 35.5. The Morgan fingerprint density at radius 1 is 1.28 bits per heavy atom. The first-order valence-corrected chi connectivity index (χ1v) is 8.63. The first-order chi connectivity index (χ1) is 13.6. The Labute approximate surface area is 168 Å². The van der Waals surface area contributed by atoms with Crippen LogP contribution in [0.15, 0.2) is 42.5 Å². The van der Waals surface area contributed by atoms with Crippen molar-refractivity contribution in [1.82, 2.24) is 10.2 Å². The molecule has 0 saturated carbocycles. The minimum absolute atomic E-state index is 0.424. The van der Waals surface area contributed by atoms with Gasteiger partial charge < -0.3 is 10.6 Å². The number of rotatable bonds is 5. The Hall–Kier alpha value is -3.53. The molecule has 0 bridgehead atoms. The lowest BCUT2D eigenvalue weighted by Gasteiger charge is -2.22. The van der Waals surface area contributed by atoms with Gasteiger partial charge in [0, 0.05) is 17.2 Å². The summed E-state index contributed by atoms with van der Waals surface area (Å²) >= 11 is 5.84. The molecule has 0 aliphatic carbocycles. The zero-order chi connectivity index (χ0) is 21.3. The molecule has 1 unspecified atom stereocenters. The topological polar surface area (TPSA) is 122 Å². The molecule has 1 aliphatic rings. The summed E-state index contributed by atoms with van der Waals surface area (Å²) in [7, 11) is 0. The van der Waals surface area contributed by atoms with E-state index in [4.69, 9.17) is 11.6 Å². The van der Waals surface area contributed by atoms with E-state index in [1.807, 2.05) is 0 Å². The van der Waals surface area contributed by atoms with Crippen molar-refractivity contribution in [2.24, 2.45) is 0 Å². The lowest BCUT2D eigenvalue weighted by Crippen LogP contribution is -2.42. The number of halogens is 2. The van der Waals surface area contributed by atoms with Crippen molar-refractivity contribution >= 4 is 40.8 Å². The van der Waals surface area contributed by atoms with Crippen LogP contribution >= 0.6 is 11.6 Å². The van der Waals surface area contributed by atoms with Gasteiger partial charge in [0.05, 0.1) is 10.6 Å². The van der Waals surface area contributed by atoms with Gasteiger partial charge in [-0.25, -0.2) is 9.18 Å². The van der Waals surface area contributed by atoms with E-state index in [9.17, 15) is 28.9 Å². The smallest absolute Gasteiger partial charge is 0.322 e. The van der Waals surface area contributed by atoms with Gasteiger partial charge in [-0.05, 0) is 30.7 Å². The summed E-state index contributed by atoms with van der Waals surface area (Å²) in [6.07, 6.45) is 0. The first kappa shape index (κ1) is 20.2. The summed E-state index contributed by atoms with van der Waals surface area (Å²) in [6, 6.07) is 8.08. The highest BCUT2D eigenvalue weighted by Crippen LogP contribution is 2.29. The van der Waals surface area contributed by atoms with Crippen LogP contribution in [0, 0.1) is 15.9 Å². The molecule has 2 aromatic rings. The molecule has 150 valence electrons. The molecule has 0 spiro atoms. The molecule has 3 rings (SSSR count). The van der Waals surface area contributed by atoms with Gasteiger partial charge in [0.15, 0.2) is 0 Å². The van der Waals surface area contributed by atoms with Gasteiger partial charge in [-0.3, -0.25) is 24.6 Å². The molecule has 0 radical (unpaired) electrons. The normalized spacial score (nSPS) is 18.5. The van der Waals surface area contributed by atoms with E-state index in [1.165, 1.54) is 6.92 Å². The maximum Gasteiger partial charge on any atom is 0.325 e. The average Bonchev–Trinajstić information content (AvgIpc) is 2.88. The van der Waals surface area contributed by atoms with Crippen LogP contribution in [0.2, 0.25) is 5.02 Å². The Morgan fingerprint density at radius 2 is 1.93 bits per heavy atom. The average molecular weight is 421 g/mol. The Morgan fingerprint density at radius 3 is 2.55 bits per heavy atom. The molecule has 1 saturated heterocycles. The van der Waals surface area contributed by atoms with Crippen LogP contribution in [0.1, 0.15) is 12.5 Å². The number of nitro groups is 1. The fraction of sp³-hybridized carbons (Fsp3) is 0.167. The zero-order valence-corrected chi connectivity index (χ0v) is 15.7. The minimum atomic E-state index is -1.40. The molecule has 11 heteroatoms. The van der Waals surface area contributed by atoms with Crippen LogP contribution in [0.25, 0.3) is 0 Å². The second kappa shape index (κ2) is 7.47. The second-order valence-corrected chi connectivity index (χ2v) is 6.86. The van der Waals surface area contributed by atoms with Crippen molar-refractivity contribution in [1.29, 1.82) is 0 Å². The van der Waals surface area contributed by atoms with Crippen molar-refractivity contribution in [3.63, 3.8) is 0 Å². The number of hydrogen-bond donors (Lipinski definition) is 2. The van der Waals surface area contributed by atoms with Crippen LogP contribution in [-0.4, -0.2) is 34.2 Å². The predicted molar refractivity (Wildman–Crippen MR) is 101 cm³/mol. The van der Waals surface area contributed by atoms with Gasteiger partial charge >= 0.3 is 6.03 Å². The number of nitrogens with zero attached hydrogens (tertiary/aromatic N) is 2. The number of anilines is 1. The molecule has 2 aromatic carbocycles. The molecule has 1 heterocycles. The summed E-state index contributed by atoms with van der Waals surface area (Å²) in [6.45, 7) is 0.782. The van der Waals surface area contributed by atoms with E-state index < -0.39 is 52.0 Å². The number of carbonyl (C=O) groups excluding carboxylic acids is 3. The maximum atomic E-state index is 13.8. The van der Waals surface area contributed by atoms with Crippen molar-refractivity contribution in [2.45, 2.75) is 12.5 Å². The van der Waals surface area contributed by atoms with Crippen molar-refractivity contribution in [3.8, 4) is 0 Å². The SMILES string of the molecule is CC1(c2ccc(Cl)cc2)NC(=O)N(CC(=O)Nc2cc([N+](=O)[O-])ccc2F)C1=O. The van der Waals surface area contributed by atoms with Gasteiger partial charge in [-0.15, -0.1) is 0 Å². The lowest BCUT2D eigenvalue weighted by molar-refractivity contribution is -0.384. The van der Waals surface area contributed by atoms with Crippen LogP contribution < -0.4 is 10.6 Å². The standard InChI is InChI=1S/C18H14ClFN4O5/c1-18(10-2-4-11(19)5-3-10)16(26)23(17(27)22-18)9-15(25)21-14-8-12(24(28)29)6-7-13(14)20/h2-8H,9H2,1H3,(H,21,25)(H,22,27). The van der Waals surface area contributed by atoms with E-state index in [1.54, 1.807) is 24.3 Å². The molecule has 29 heavy (non-hydrogen) atoms. The molecule has 1 aliphatic heterocycles. The van der Waals surface area contributed by atoms with Crippen molar-refractivity contribution < 1.29 is 23.7 Å². The maximum absolute atomic E-state index is 13.8. The third-order valence-corrected chi connectivity index (χ3v) is 4.69. The number of nitro benzene ring substituents is 1.